The number of rotatable bonds is 2. The molecule has 0 aliphatic carbocycles. The number of nitrogens with two attached hydrogens (primary N) is 1. The minimum absolute atomic E-state index is 0.295. The number of nitrogens with zero attached hydrogens (tertiary/aromatic N) is 1. The standard InChI is InChI=1S/C15H14BrFN2O/c1-9-3-5-11(17)8-12(9)15(20)19(2)14-6-4-10(16)7-13(14)18/h3-8H,18H2,1-2H3. The largest absolute Gasteiger partial charge is 0.397 e. The maximum Gasteiger partial charge on any atom is 0.258 e. The monoisotopic (exact) mass is 336 g/mol. The average molecular weight is 337 g/mol. The van der Waals surface area contributed by atoms with Crippen LogP contribution in [0.5, 0.6) is 0 Å². The van der Waals surface area contributed by atoms with Gasteiger partial charge in [-0.25, -0.2) is 4.39 Å². The van der Waals surface area contributed by atoms with E-state index in [2.05, 4.69) is 15.9 Å². The van der Waals surface area contributed by atoms with Crippen molar-refractivity contribution in [2.24, 2.45) is 0 Å². The Kier molecular flexibility index (Phi) is 4.09. The van der Waals surface area contributed by atoms with Gasteiger partial charge >= 0.3 is 0 Å². The van der Waals surface area contributed by atoms with Gasteiger partial charge in [0.2, 0.25) is 0 Å². The van der Waals surface area contributed by atoms with Crippen molar-refractivity contribution in [3.63, 3.8) is 0 Å². The fourth-order valence-corrected chi connectivity index (χ4v) is 2.32. The molecule has 0 radical (unpaired) electrons. The van der Waals surface area contributed by atoms with Gasteiger partial charge in [0.05, 0.1) is 11.4 Å². The summed E-state index contributed by atoms with van der Waals surface area (Å²) >= 11 is 3.32. The predicted octanol–water partition coefficient (Wildman–Crippen LogP) is 3.76. The molecule has 0 spiro atoms. The molecule has 0 fully saturated rings. The summed E-state index contributed by atoms with van der Waals surface area (Å²) in [6.45, 7) is 1.77. The van der Waals surface area contributed by atoms with E-state index in [-0.39, 0.29) is 5.91 Å². The Bertz CT molecular complexity index is 673. The Hall–Kier alpha value is -1.88. The van der Waals surface area contributed by atoms with E-state index in [1.54, 1.807) is 38.2 Å². The molecule has 1 amide bonds. The molecular weight excluding hydrogens is 323 g/mol. The third-order valence-electron chi connectivity index (χ3n) is 3.09. The zero-order valence-electron chi connectivity index (χ0n) is 11.2. The highest BCUT2D eigenvalue weighted by atomic mass is 79.9. The van der Waals surface area contributed by atoms with Crippen LogP contribution < -0.4 is 10.6 Å². The van der Waals surface area contributed by atoms with Gasteiger partial charge in [-0.3, -0.25) is 4.79 Å². The summed E-state index contributed by atoms with van der Waals surface area (Å²) in [6.07, 6.45) is 0. The van der Waals surface area contributed by atoms with E-state index in [4.69, 9.17) is 5.73 Å². The van der Waals surface area contributed by atoms with Crippen LogP contribution in [0.1, 0.15) is 15.9 Å². The third-order valence-corrected chi connectivity index (χ3v) is 3.58. The topological polar surface area (TPSA) is 46.3 Å². The Morgan fingerprint density at radius 2 is 1.95 bits per heavy atom. The summed E-state index contributed by atoms with van der Waals surface area (Å²) in [5.74, 6) is -0.729. The van der Waals surface area contributed by atoms with E-state index in [1.165, 1.54) is 17.0 Å². The molecule has 0 bridgehead atoms. The highest BCUT2D eigenvalue weighted by Crippen LogP contribution is 2.27. The summed E-state index contributed by atoms with van der Waals surface area (Å²) < 4.78 is 14.1. The maximum absolute atomic E-state index is 13.3. The predicted molar refractivity (Wildman–Crippen MR) is 82.4 cm³/mol. The average Bonchev–Trinajstić information content (AvgIpc) is 2.40. The molecule has 3 nitrogen and oxygen atoms in total. The lowest BCUT2D eigenvalue weighted by Crippen LogP contribution is -2.27. The first-order chi connectivity index (χ1) is 9.40. The molecule has 0 heterocycles. The summed E-state index contributed by atoms with van der Waals surface area (Å²) in [7, 11) is 1.62. The molecular formula is C15H14BrFN2O. The molecule has 2 aromatic carbocycles. The van der Waals surface area contributed by atoms with Crippen molar-refractivity contribution < 1.29 is 9.18 Å². The number of carbonyl (C=O) groups excluding carboxylic acids is 1. The van der Waals surface area contributed by atoms with Gasteiger partial charge in [-0.05, 0) is 42.8 Å². The zero-order chi connectivity index (χ0) is 14.9. The van der Waals surface area contributed by atoms with Crippen LogP contribution in [0.2, 0.25) is 0 Å². The summed E-state index contributed by atoms with van der Waals surface area (Å²) in [4.78, 5) is 13.9. The van der Waals surface area contributed by atoms with Gasteiger partial charge in [0, 0.05) is 17.1 Å². The van der Waals surface area contributed by atoms with Crippen molar-refractivity contribution in [1.82, 2.24) is 0 Å². The van der Waals surface area contributed by atoms with Crippen molar-refractivity contribution in [3.05, 3.63) is 57.8 Å². The lowest BCUT2D eigenvalue weighted by molar-refractivity contribution is 0.0992. The number of anilines is 2. The molecule has 0 aromatic heterocycles. The quantitative estimate of drug-likeness (QED) is 0.849. The minimum Gasteiger partial charge on any atom is -0.397 e. The van der Waals surface area contributed by atoms with Crippen LogP contribution >= 0.6 is 15.9 Å². The second-order valence-corrected chi connectivity index (χ2v) is 5.44. The maximum atomic E-state index is 13.3. The first-order valence-electron chi connectivity index (χ1n) is 5.99. The fraction of sp³-hybridized carbons (Fsp3) is 0.133. The number of amides is 1. The number of halogens is 2. The van der Waals surface area contributed by atoms with E-state index in [9.17, 15) is 9.18 Å². The van der Waals surface area contributed by atoms with Crippen molar-refractivity contribution >= 4 is 33.2 Å². The highest BCUT2D eigenvalue weighted by Gasteiger charge is 2.18. The van der Waals surface area contributed by atoms with Crippen LogP contribution in [0.4, 0.5) is 15.8 Å². The molecule has 0 aliphatic rings. The molecule has 20 heavy (non-hydrogen) atoms. The number of nitrogen functional groups attached to an aromatic ring is 1. The first-order valence-corrected chi connectivity index (χ1v) is 6.78. The van der Waals surface area contributed by atoms with E-state index < -0.39 is 5.82 Å². The van der Waals surface area contributed by atoms with Crippen LogP contribution in [0.15, 0.2) is 40.9 Å². The number of hydrogen-bond acceptors (Lipinski definition) is 2. The van der Waals surface area contributed by atoms with Gasteiger partial charge in [0.25, 0.3) is 5.91 Å². The summed E-state index contributed by atoms with van der Waals surface area (Å²) in [5, 5.41) is 0. The van der Waals surface area contributed by atoms with Crippen LogP contribution in [-0.4, -0.2) is 13.0 Å². The second kappa shape index (κ2) is 5.63. The van der Waals surface area contributed by atoms with Gasteiger partial charge in [0.1, 0.15) is 5.82 Å². The Balaban J connectivity index is 2.40. The van der Waals surface area contributed by atoms with Crippen molar-refractivity contribution in [2.45, 2.75) is 6.92 Å². The third kappa shape index (κ3) is 2.82. The first kappa shape index (κ1) is 14.5. The van der Waals surface area contributed by atoms with E-state index in [0.717, 1.165) is 10.0 Å². The van der Waals surface area contributed by atoms with Gasteiger partial charge in [0.15, 0.2) is 0 Å². The normalized spacial score (nSPS) is 10.4. The molecule has 5 heteroatoms. The van der Waals surface area contributed by atoms with Crippen LogP contribution in [0, 0.1) is 12.7 Å². The number of aryl methyl sites for hydroxylation is 1. The lowest BCUT2D eigenvalue weighted by atomic mass is 10.1. The molecule has 0 unspecified atom stereocenters. The van der Waals surface area contributed by atoms with Crippen LogP contribution in [0.25, 0.3) is 0 Å². The van der Waals surface area contributed by atoms with Crippen molar-refractivity contribution in [3.8, 4) is 0 Å². The second-order valence-electron chi connectivity index (χ2n) is 4.53. The molecule has 2 aromatic rings. The SMILES string of the molecule is Cc1ccc(F)cc1C(=O)N(C)c1ccc(Br)cc1N. The van der Waals surface area contributed by atoms with Gasteiger partial charge in [-0.15, -0.1) is 0 Å². The molecule has 2 N–H and O–H groups in total. The zero-order valence-corrected chi connectivity index (χ0v) is 12.7. The van der Waals surface area contributed by atoms with Gasteiger partial charge in [-0.2, -0.15) is 0 Å². The summed E-state index contributed by atoms with van der Waals surface area (Å²) in [6, 6.07) is 9.42. The smallest absolute Gasteiger partial charge is 0.258 e. The highest BCUT2D eigenvalue weighted by molar-refractivity contribution is 9.10. The van der Waals surface area contributed by atoms with Crippen molar-refractivity contribution in [2.75, 3.05) is 17.7 Å². The number of carbonyl (C=O) groups is 1. The lowest BCUT2D eigenvalue weighted by Gasteiger charge is -2.20. The van der Waals surface area contributed by atoms with Crippen LogP contribution in [-0.2, 0) is 0 Å². The molecule has 0 aliphatic heterocycles. The fourth-order valence-electron chi connectivity index (χ4n) is 1.95. The Morgan fingerprint density at radius 3 is 2.60 bits per heavy atom. The molecule has 0 saturated heterocycles. The van der Waals surface area contributed by atoms with Gasteiger partial charge < -0.3 is 10.6 Å². The van der Waals surface area contributed by atoms with Crippen molar-refractivity contribution in [1.29, 1.82) is 0 Å². The minimum atomic E-state index is -0.434. The molecule has 2 rings (SSSR count). The molecule has 104 valence electrons. The van der Waals surface area contributed by atoms with E-state index in [0.29, 0.717) is 16.9 Å². The van der Waals surface area contributed by atoms with Gasteiger partial charge in [-0.1, -0.05) is 22.0 Å². The molecule has 0 atom stereocenters. The molecule has 0 saturated carbocycles. The van der Waals surface area contributed by atoms with E-state index >= 15 is 0 Å². The summed E-state index contributed by atoms with van der Waals surface area (Å²) in [5.41, 5.74) is 8.02. The Morgan fingerprint density at radius 1 is 1.25 bits per heavy atom. The Labute approximate surface area is 125 Å². The number of benzene rings is 2. The van der Waals surface area contributed by atoms with E-state index in [1.807, 2.05) is 0 Å². The van der Waals surface area contributed by atoms with Crippen LogP contribution in [0.3, 0.4) is 0 Å². The number of hydrogen-bond donors (Lipinski definition) is 1.